The van der Waals surface area contributed by atoms with E-state index in [4.69, 9.17) is 0 Å². The third-order valence-electron chi connectivity index (χ3n) is 6.51. The second-order valence-electron chi connectivity index (χ2n) is 7.86. The molecule has 0 bridgehead atoms. The molecule has 3 aliphatic rings. The lowest BCUT2D eigenvalue weighted by molar-refractivity contribution is 0.103. The van der Waals surface area contributed by atoms with Gasteiger partial charge in [-0.2, -0.15) is 0 Å². The molecular weight excluding hydrogens is 242 g/mol. The summed E-state index contributed by atoms with van der Waals surface area (Å²) in [5.74, 6) is 4.16. The summed E-state index contributed by atoms with van der Waals surface area (Å²) in [7, 11) is 0. The monoisotopic (exact) mass is 277 g/mol. The van der Waals surface area contributed by atoms with Gasteiger partial charge in [-0.1, -0.05) is 51.9 Å². The van der Waals surface area contributed by atoms with Crippen LogP contribution in [0.3, 0.4) is 0 Å². The molecule has 1 N–H and O–H groups in total. The number of hydrogen-bond donors (Lipinski definition) is 1. The molecule has 3 fully saturated rings. The lowest BCUT2D eigenvalue weighted by atomic mass is 9.66. The Bertz CT molecular complexity index is 283. The topological polar surface area (TPSA) is 12.0 Å². The van der Waals surface area contributed by atoms with Crippen LogP contribution in [0, 0.1) is 23.7 Å². The molecule has 0 radical (unpaired) electrons. The van der Waals surface area contributed by atoms with E-state index in [2.05, 4.69) is 12.2 Å². The van der Waals surface area contributed by atoms with Crippen molar-refractivity contribution in [3.05, 3.63) is 0 Å². The van der Waals surface area contributed by atoms with E-state index < -0.39 is 0 Å². The summed E-state index contributed by atoms with van der Waals surface area (Å²) in [5.41, 5.74) is 0. The molecule has 0 aromatic heterocycles. The zero-order valence-electron chi connectivity index (χ0n) is 13.6. The van der Waals surface area contributed by atoms with E-state index in [1.165, 1.54) is 77.2 Å². The molecule has 3 aliphatic carbocycles. The fourth-order valence-electron chi connectivity index (χ4n) is 5.14. The van der Waals surface area contributed by atoms with Crippen LogP contribution in [0.2, 0.25) is 0 Å². The van der Waals surface area contributed by atoms with Crippen molar-refractivity contribution in [2.75, 3.05) is 6.54 Å². The van der Waals surface area contributed by atoms with E-state index in [0.717, 1.165) is 29.7 Å². The van der Waals surface area contributed by atoms with Crippen molar-refractivity contribution in [2.45, 2.75) is 90.0 Å². The first-order chi connectivity index (χ1) is 9.88. The second kappa shape index (κ2) is 7.29. The predicted molar refractivity (Wildman–Crippen MR) is 86.8 cm³/mol. The Balaban J connectivity index is 1.63. The van der Waals surface area contributed by atoms with Crippen molar-refractivity contribution in [3.63, 3.8) is 0 Å². The van der Waals surface area contributed by atoms with Gasteiger partial charge in [0, 0.05) is 6.04 Å². The Morgan fingerprint density at radius 3 is 2.05 bits per heavy atom. The normalized spacial score (nSPS) is 39.5. The van der Waals surface area contributed by atoms with E-state index in [1.807, 2.05) is 0 Å². The Kier molecular flexibility index (Phi) is 5.42. The van der Waals surface area contributed by atoms with Crippen LogP contribution in [0.4, 0.5) is 0 Å². The largest absolute Gasteiger partial charge is 0.314 e. The average molecular weight is 277 g/mol. The van der Waals surface area contributed by atoms with Gasteiger partial charge in [-0.15, -0.1) is 0 Å². The van der Waals surface area contributed by atoms with Gasteiger partial charge >= 0.3 is 0 Å². The van der Waals surface area contributed by atoms with Gasteiger partial charge in [-0.25, -0.2) is 0 Å². The number of rotatable bonds is 5. The van der Waals surface area contributed by atoms with Crippen LogP contribution in [-0.2, 0) is 0 Å². The molecule has 0 aliphatic heterocycles. The summed E-state index contributed by atoms with van der Waals surface area (Å²) in [5, 5.41) is 3.86. The van der Waals surface area contributed by atoms with E-state index in [-0.39, 0.29) is 0 Å². The molecule has 3 saturated carbocycles. The molecule has 0 saturated heterocycles. The Hall–Kier alpha value is -0.0400. The summed E-state index contributed by atoms with van der Waals surface area (Å²) >= 11 is 0. The highest BCUT2D eigenvalue weighted by Crippen LogP contribution is 2.44. The summed E-state index contributed by atoms with van der Waals surface area (Å²) in [6, 6.07) is 0.896. The lowest BCUT2D eigenvalue weighted by Crippen LogP contribution is -2.36. The van der Waals surface area contributed by atoms with Crippen molar-refractivity contribution >= 4 is 0 Å². The molecule has 0 aromatic rings. The first-order valence-corrected chi connectivity index (χ1v) is 9.62. The molecule has 1 nitrogen and oxygen atoms in total. The summed E-state index contributed by atoms with van der Waals surface area (Å²) < 4.78 is 0. The summed E-state index contributed by atoms with van der Waals surface area (Å²) in [6.45, 7) is 3.78. The Morgan fingerprint density at radius 2 is 1.30 bits per heavy atom. The Morgan fingerprint density at radius 1 is 0.700 bits per heavy atom. The van der Waals surface area contributed by atoms with Crippen LogP contribution in [0.1, 0.15) is 84.0 Å². The highest BCUT2D eigenvalue weighted by Gasteiger charge is 2.36. The van der Waals surface area contributed by atoms with E-state index in [0.29, 0.717) is 0 Å². The molecule has 0 heterocycles. The van der Waals surface area contributed by atoms with Gasteiger partial charge in [-0.05, 0) is 62.3 Å². The fraction of sp³-hybridized carbons (Fsp3) is 1.00. The van der Waals surface area contributed by atoms with Gasteiger partial charge in [0.25, 0.3) is 0 Å². The predicted octanol–water partition coefficient (Wildman–Crippen LogP) is 5.15. The average Bonchev–Trinajstić information content (AvgIpc) is 3.32. The minimum absolute atomic E-state index is 0.896. The standard InChI is InChI=1S/C19H35N/c1-2-15-8-6-7-11-18(15)19-10-5-3-4-9-16(19)14-20-17-12-13-17/h15-20H,2-14H2,1H3. The van der Waals surface area contributed by atoms with Gasteiger partial charge < -0.3 is 5.32 Å². The lowest BCUT2D eigenvalue weighted by Gasteiger charge is -2.40. The maximum atomic E-state index is 3.86. The molecule has 0 spiro atoms. The van der Waals surface area contributed by atoms with Gasteiger partial charge in [-0.3, -0.25) is 0 Å². The molecule has 1 heteroatoms. The minimum Gasteiger partial charge on any atom is -0.314 e. The third-order valence-corrected chi connectivity index (χ3v) is 6.51. The van der Waals surface area contributed by atoms with Crippen LogP contribution in [0.5, 0.6) is 0 Å². The maximum absolute atomic E-state index is 3.86. The number of hydrogen-bond acceptors (Lipinski definition) is 1. The fourth-order valence-corrected chi connectivity index (χ4v) is 5.14. The van der Waals surface area contributed by atoms with Crippen LogP contribution in [0.15, 0.2) is 0 Å². The van der Waals surface area contributed by atoms with Crippen LogP contribution in [-0.4, -0.2) is 12.6 Å². The molecule has 4 unspecified atom stereocenters. The van der Waals surface area contributed by atoms with Gasteiger partial charge in [0.1, 0.15) is 0 Å². The van der Waals surface area contributed by atoms with Crippen LogP contribution < -0.4 is 5.32 Å². The molecular formula is C19H35N. The zero-order valence-corrected chi connectivity index (χ0v) is 13.6. The molecule has 20 heavy (non-hydrogen) atoms. The highest BCUT2D eigenvalue weighted by atomic mass is 14.9. The van der Waals surface area contributed by atoms with Crippen molar-refractivity contribution in [2.24, 2.45) is 23.7 Å². The maximum Gasteiger partial charge on any atom is 0.00683 e. The van der Waals surface area contributed by atoms with E-state index in [1.54, 1.807) is 6.42 Å². The minimum atomic E-state index is 0.896. The van der Waals surface area contributed by atoms with Gasteiger partial charge in [0.2, 0.25) is 0 Å². The quantitative estimate of drug-likeness (QED) is 0.685. The van der Waals surface area contributed by atoms with Crippen LogP contribution in [0.25, 0.3) is 0 Å². The Labute approximate surface area is 126 Å². The highest BCUT2D eigenvalue weighted by molar-refractivity contribution is 4.89. The van der Waals surface area contributed by atoms with E-state index >= 15 is 0 Å². The molecule has 0 amide bonds. The molecule has 3 rings (SSSR count). The SMILES string of the molecule is CCC1CCCCC1C1CCCCCC1CNC1CC1. The zero-order chi connectivity index (χ0) is 13.8. The summed E-state index contributed by atoms with van der Waals surface area (Å²) in [6.07, 6.45) is 18.0. The van der Waals surface area contributed by atoms with Gasteiger partial charge in [0.15, 0.2) is 0 Å². The van der Waals surface area contributed by atoms with Crippen molar-refractivity contribution in [1.29, 1.82) is 0 Å². The smallest absolute Gasteiger partial charge is 0.00683 e. The van der Waals surface area contributed by atoms with Crippen LogP contribution >= 0.6 is 0 Å². The summed E-state index contributed by atoms with van der Waals surface area (Å²) in [4.78, 5) is 0. The number of nitrogens with one attached hydrogen (secondary N) is 1. The first kappa shape index (κ1) is 14.9. The second-order valence-corrected chi connectivity index (χ2v) is 7.86. The first-order valence-electron chi connectivity index (χ1n) is 9.62. The van der Waals surface area contributed by atoms with Crippen molar-refractivity contribution in [1.82, 2.24) is 5.32 Å². The van der Waals surface area contributed by atoms with E-state index in [9.17, 15) is 0 Å². The molecule has 0 aromatic carbocycles. The van der Waals surface area contributed by atoms with Crippen molar-refractivity contribution < 1.29 is 0 Å². The van der Waals surface area contributed by atoms with Crippen molar-refractivity contribution in [3.8, 4) is 0 Å². The molecule has 4 atom stereocenters. The van der Waals surface area contributed by atoms with Gasteiger partial charge in [0.05, 0.1) is 0 Å². The third kappa shape index (κ3) is 3.78. The molecule has 116 valence electrons.